The molecule has 7 aromatic heterocycles. The number of ether oxygens (including phenoxy) is 5. The fourth-order valence-electron chi connectivity index (χ4n) is 6.30. The molecule has 0 unspecified atom stereocenters. The third-order valence-electron chi connectivity index (χ3n) is 9.84. The number of halogens is 2. The number of rotatable bonds is 4. The van der Waals surface area contributed by atoms with Gasteiger partial charge in [0.15, 0.2) is 11.6 Å². The molecule has 28 heteroatoms. The molecule has 4 amide bonds. The molecule has 1 fully saturated rings. The summed E-state index contributed by atoms with van der Waals surface area (Å²) < 4.78 is 26.2. The number of imide groups is 2. The smallest absolute Gasteiger partial charge is 0.124 e. The van der Waals surface area contributed by atoms with Gasteiger partial charge in [-0.2, -0.15) is 42.3 Å². The molecule has 4 N–H and O–H groups in total. The van der Waals surface area contributed by atoms with Crippen LogP contribution in [0.15, 0.2) is 101 Å². The Kier molecular flexibility index (Phi) is 39.8. The molecule has 0 aliphatic carbocycles. The second-order valence-corrected chi connectivity index (χ2v) is 24.6. The first-order valence-electron chi connectivity index (χ1n) is 26.7. The molecule has 8 heterocycles. The van der Waals surface area contributed by atoms with Crippen LogP contribution in [0.25, 0.3) is 21.1 Å². The number of nitrogen functional groups attached to an aromatic ring is 2. The van der Waals surface area contributed by atoms with Crippen molar-refractivity contribution in [2.75, 3.05) is 34.5 Å². The van der Waals surface area contributed by atoms with E-state index in [0.29, 0.717) is 44.0 Å². The number of hydrogen-bond donors (Lipinski definition) is 2. The van der Waals surface area contributed by atoms with E-state index in [4.69, 9.17) is 45.7 Å². The molecule has 7 aromatic rings. The Labute approximate surface area is 585 Å². The monoisotopic (exact) mass is 1470 g/mol. The number of carbonyl (C=O) groups is 4. The predicted molar refractivity (Wildman–Crippen MR) is 355 cm³/mol. The van der Waals surface area contributed by atoms with Gasteiger partial charge in [-0.3, -0.25) is 0 Å². The normalized spacial score (nSPS) is 10.8. The minimum absolute atomic E-state index is 0. The fourth-order valence-corrected chi connectivity index (χ4v) is 8.09. The molecule has 0 spiro atoms. The molecule has 8 rings (SSSR count). The van der Waals surface area contributed by atoms with Gasteiger partial charge in [0, 0.05) is 24.6 Å². The fraction of sp³-hybridized carbons (Fsp3) is 0.365. The van der Waals surface area contributed by atoms with Crippen LogP contribution in [0.5, 0.6) is 0 Å². The van der Waals surface area contributed by atoms with Gasteiger partial charge < -0.3 is 58.9 Å². The molecule has 476 valence electrons. The van der Waals surface area contributed by atoms with Gasteiger partial charge in [0.1, 0.15) is 58.3 Å². The number of aromatic nitrogens is 4. The van der Waals surface area contributed by atoms with E-state index in [2.05, 4.69) is 45.1 Å². The second-order valence-electron chi connectivity index (χ2n) is 22.0. The van der Waals surface area contributed by atoms with Crippen molar-refractivity contribution in [3.8, 4) is 45.4 Å². The Bertz CT molecular complexity index is 3450. The second kappa shape index (κ2) is 42.2. The third kappa shape index (κ3) is 32.7. The summed E-state index contributed by atoms with van der Waals surface area (Å²) in [5.41, 5.74) is 11.3. The summed E-state index contributed by atoms with van der Waals surface area (Å²) in [4.78, 5) is 70.5. The summed E-state index contributed by atoms with van der Waals surface area (Å²) in [6, 6.07) is 32.5. The van der Waals surface area contributed by atoms with Gasteiger partial charge in [0.25, 0.3) is 0 Å². The molecule has 1 saturated heterocycles. The topological polar surface area (TPSA) is 320 Å². The number of carbonyl (C=O) groups excluding carboxylic acids is 4. The minimum Gasteiger partial charge on any atom is -0.304 e. The Morgan fingerprint density at radius 1 is 0.538 bits per heavy atom. The van der Waals surface area contributed by atoms with Gasteiger partial charge in [-0.25, -0.2) is 45.2 Å². The molecule has 0 bridgehead atoms. The summed E-state index contributed by atoms with van der Waals surface area (Å²) in [6.45, 7) is 25.6. The molecule has 0 saturated carbocycles. The average Bonchev–Trinajstić information content (AvgIpc) is 1.48. The number of hydrogen-bond acceptors (Lipinski definition) is 22. The van der Waals surface area contributed by atoms with Gasteiger partial charge in [-0.05, 0) is 181 Å². The van der Waals surface area contributed by atoms with Crippen molar-refractivity contribution in [3.05, 3.63) is 140 Å². The van der Waals surface area contributed by atoms with Crippen molar-refractivity contribution in [2.45, 2.75) is 140 Å². The number of pyridine rings is 4. The van der Waals surface area contributed by atoms with Crippen LogP contribution in [0.2, 0.25) is 0 Å². The van der Waals surface area contributed by atoms with Crippen LogP contribution in [-0.4, -0.2) is 79.9 Å². The summed E-state index contributed by atoms with van der Waals surface area (Å²) in [5.74, 6) is 0.360. The molecule has 21 nitrogen and oxygen atoms in total. The maximum absolute atomic E-state index is 12.8. The molecular weight excluding hydrogens is 1400 g/mol. The van der Waals surface area contributed by atoms with Crippen LogP contribution in [0.3, 0.4) is 0 Å². The SMILES string of the molecule is C.C1CCOC1.CC(C)(C)OC(=O)N(C(=O)OC(C)(C)C)c1nc(-c2cccs2)ccc1C#N.Cc1ccc(C#N)c(N(C(=O)OC(C)(C)C)C(=O)OC(C)(C)C)n1.Cc1ccc(C#N)c(N)n1.N#Cc1ccc(-c2cccs2)nc1N.[Cl-].[Li+].[Zn+][I].[c-]1cccs1. The number of anilines is 4. The van der Waals surface area contributed by atoms with Crippen LogP contribution < -0.4 is 52.5 Å². The first-order valence-corrected chi connectivity index (χ1v) is 38.4. The van der Waals surface area contributed by atoms with Crippen LogP contribution >= 0.6 is 53.8 Å². The molecule has 0 radical (unpaired) electrons. The number of amides is 4. The minimum atomic E-state index is -0.964. The Morgan fingerprint density at radius 2 is 0.879 bits per heavy atom. The first-order chi connectivity index (χ1) is 41.3. The van der Waals surface area contributed by atoms with Crippen molar-refractivity contribution in [2.24, 2.45) is 0 Å². The molecule has 1 aliphatic heterocycles. The van der Waals surface area contributed by atoms with E-state index in [1.54, 1.807) is 149 Å². The average molecular weight is 1480 g/mol. The van der Waals surface area contributed by atoms with Crippen LogP contribution in [0.1, 0.15) is 137 Å². The zero-order chi connectivity index (χ0) is 66.4. The van der Waals surface area contributed by atoms with Gasteiger partial charge in [0.2, 0.25) is 0 Å². The number of thiophene rings is 3. The van der Waals surface area contributed by atoms with E-state index in [-0.39, 0.29) is 61.5 Å². The van der Waals surface area contributed by atoms with Crippen molar-refractivity contribution < 1.29 is 88.9 Å². The first kappa shape index (κ1) is 86.0. The molecule has 0 atom stereocenters. The standard InChI is InChI=1S/C20H23N3O4S.C17H23N3O4.C10H7N3S.C7H7N3.C4H8O.C4H3S.CH4.ClH.HI.Li.Zn/c1-19(2,3)26-17(24)23(18(25)27-20(4,5)6)16-13(12-21)9-10-14(22-16)15-8-7-11-28-15;1-11-8-9-12(10-18)13(19-11)20(14(21)23-16(2,3)4)15(22)24-17(5,6)7;11-6-7-3-4-8(13-10(7)12)9-2-1-5-14-9;1-5-2-3-6(4-8)7(9)10-5;2*1-2-4-5-3-1;;;;;/h7-11H,1-6H3;8-9H,1-7H3;1-5H,(H2,12,13);2-3H,1H3,(H2,9,10);1-4H2;1-3H;1H4;2*1H;;/q;;;;;-1;;;;+1;+2/p-2. The van der Waals surface area contributed by atoms with Crippen LogP contribution in [0, 0.1) is 64.6 Å². The number of nitrogens with two attached hydrogens (primary N) is 2. The Morgan fingerprint density at radius 3 is 1.16 bits per heavy atom. The molecule has 0 aromatic carbocycles. The zero-order valence-corrected chi connectivity index (χ0v) is 61.5. The van der Waals surface area contributed by atoms with Crippen LogP contribution in [-0.2, 0) is 38.5 Å². The summed E-state index contributed by atoms with van der Waals surface area (Å²) in [6.07, 6.45) is -1.28. The summed E-state index contributed by atoms with van der Waals surface area (Å²) in [7, 11) is 0. The van der Waals surface area contributed by atoms with Gasteiger partial charge in [-0.15, -0.1) is 28.1 Å². The van der Waals surface area contributed by atoms with E-state index in [9.17, 15) is 29.7 Å². The van der Waals surface area contributed by atoms with Crippen LogP contribution in [0.4, 0.5) is 42.4 Å². The molecule has 91 heavy (non-hydrogen) atoms. The van der Waals surface area contributed by atoms with Gasteiger partial charge in [-0.1, -0.05) is 19.6 Å². The largest absolute Gasteiger partial charge is 0.304 e. The van der Waals surface area contributed by atoms with E-state index in [1.807, 2.05) is 83.7 Å². The number of aryl methyl sites for hydroxylation is 2. The maximum Gasteiger partial charge on any atom is -0.124 e. The van der Waals surface area contributed by atoms with Crippen molar-refractivity contribution in [1.29, 1.82) is 21.0 Å². The summed E-state index contributed by atoms with van der Waals surface area (Å²) in [5, 5.41) is 44.6. The van der Waals surface area contributed by atoms with E-state index < -0.39 is 46.8 Å². The van der Waals surface area contributed by atoms with Gasteiger partial charge in [0.05, 0.1) is 43.4 Å². The maximum atomic E-state index is 12.8. The Balaban J connectivity index is 0. The van der Waals surface area contributed by atoms with Crippen molar-refractivity contribution >= 4 is 101 Å². The summed E-state index contributed by atoms with van der Waals surface area (Å²) >= 11 is 8.26. The number of nitrogens with zero attached hydrogens (tertiary/aromatic N) is 10. The van der Waals surface area contributed by atoms with E-state index in [1.165, 1.54) is 51.1 Å². The molecular formula is C63H75ClILiN12O9S3Zn. The number of nitriles is 4. The third-order valence-corrected chi connectivity index (χ3v) is 12.2. The Hall–Kier alpha value is -7.06. The van der Waals surface area contributed by atoms with E-state index in [0.717, 1.165) is 34.4 Å². The predicted octanol–water partition coefficient (Wildman–Crippen LogP) is 10.3. The zero-order valence-electron chi connectivity index (χ0n) is 53.1. The van der Waals surface area contributed by atoms with Crippen molar-refractivity contribution in [1.82, 2.24) is 19.9 Å². The van der Waals surface area contributed by atoms with E-state index >= 15 is 0 Å². The van der Waals surface area contributed by atoms with Crippen molar-refractivity contribution in [3.63, 3.8) is 0 Å². The quantitative estimate of drug-likeness (QED) is 0.0716. The van der Waals surface area contributed by atoms with Gasteiger partial charge >= 0.3 is 77.8 Å². The molecule has 1 aliphatic rings.